The molecule has 1 nitrogen and oxygen atoms in total. The smallest absolute Gasteiger partial charge is 0.0426 e. The van der Waals surface area contributed by atoms with Crippen LogP contribution in [0.2, 0.25) is 5.02 Å². The monoisotopic (exact) mass is 253 g/mol. The summed E-state index contributed by atoms with van der Waals surface area (Å²) < 4.78 is 0. The van der Waals surface area contributed by atoms with Gasteiger partial charge in [0.05, 0.1) is 0 Å². The van der Waals surface area contributed by atoms with Gasteiger partial charge in [-0.2, -0.15) is 0 Å². The van der Waals surface area contributed by atoms with Crippen LogP contribution in [0, 0.1) is 12.8 Å². The zero-order valence-electron chi connectivity index (χ0n) is 11.4. The van der Waals surface area contributed by atoms with E-state index in [4.69, 9.17) is 11.6 Å². The van der Waals surface area contributed by atoms with E-state index in [1.165, 1.54) is 24.1 Å². The fraction of sp³-hybridized carbons (Fsp3) is 0.600. The van der Waals surface area contributed by atoms with Crippen LogP contribution in [0.3, 0.4) is 0 Å². The van der Waals surface area contributed by atoms with Crippen molar-refractivity contribution in [1.29, 1.82) is 0 Å². The van der Waals surface area contributed by atoms with Crippen molar-refractivity contribution in [3.63, 3.8) is 0 Å². The largest absolute Gasteiger partial charge is 0.382 e. The van der Waals surface area contributed by atoms with E-state index in [9.17, 15) is 0 Å². The first kappa shape index (κ1) is 14.4. The van der Waals surface area contributed by atoms with Gasteiger partial charge in [-0.3, -0.25) is 0 Å². The van der Waals surface area contributed by atoms with Crippen LogP contribution in [-0.4, -0.2) is 6.04 Å². The van der Waals surface area contributed by atoms with Gasteiger partial charge >= 0.3 is 0 Å². The van der Waals surface area contributed by atoms with Gasteiger partial charge in [0, 0.05) is 16.8 Å². The fourth-order valence-corrected chi connectivity index (χ4v) is 2.12. The highest BCUT2D eigenvalue weighted by atomic mass is 35.5. The summed E-state index contributed by atoms with van der Waals surface area (Å²) in [6, 6.07) is 6.58. The van der Waals surface area contributed by atoms with Crippen LogP contribution >= 0.6 is 11.6 Å². The zero-order valence-corrected chi connectivity index (χ0v) is 12.1. The molecular weight excluding hydrogens is 230 g/mol. The first-order chi connectivity index (χ1) is 8.06. The fourth-order valence-electron chi connectivity index (χ4n) is 1.95. The Balaban J connectivity index is 2.69. The van der Waals surface area contributed by atoms with Crippen molar-refractivity contribution in [3.8, 4) is 0 Å². The third kappa shape index (κ3) is 4.59. The summed E-state index contributed by atoms with van der Waals surface area (Å²) in [5, 5.41) is 4.42. The highest BCUT2D eigenvalue weighted by Crippen LogP contribution is 2.23. The Morgan fingerprint density at radius 1 is 1.24 bits per heavy atom. The maximum absolute atomic E-state index is 6.04. The summed E-state index contributed by atoms with van der Waals surface area (Å²) in [4.78, 5) is 0. The second kappa shape index (κ2) is 6.90. The summed E-state index contributed by atoms with van der Waals surface area (Å²) in [6.07, 6.45) is 3.61. The lowest BCUT2D eigenvalue weighted by Crippen LogP contribution is -2.21. The van der Waals surface area contributed by atoms with Gasteiger partial charge in [-0.1, -0.05) is 44.9 Å². The molecule has 2 heteroatoms. The number of hydrogen-bond acceptors (Lipinski definition) is 1. The summed E-state index contributed by atoms with van der Waals surface area (Å²) in [6.45, 7) is 8.92. The van der Waals surface area contributed by atoms with Crippen LogP contribution in [-0.2, 0) is 0 Å². The number of hydrogen-bond donors (Lipinski definition) is 1. The van der Waals surface area contributed by atoms with Crippen molar-refractivity contribution in [1.82, 2.24) is 0 Å². The van der Waals surface area contributed by atoms with Crippen LogP contribution in [0.1, 0.15) is 45.6 Å². The molecule has 0 amide bonds. The molecule has 96 valence electrons. The van der Waals surface area contributed by atoms with E-state index in [2.05, 4.69) is 39.1 Å². The molecule has 0 radical (unpaired) electrons. The van der Waals surface area contributed by atoms with Crippen LogP contribution < -0.4 is 5.32 Å². The number of rotatable bonds is 6. The molecule has 1 N–H and O–H groups in total. The van der Waals surface area contributed by atoms with E-state index in [1.54, 1.807) is 0 Å². The van der Waals surface area contributed by atoms with Crippen LogP contribution in [0.5, 0.6) is 0 Å². The molecule has 0 bridgehead atoms. The third-order valence-corrected chi connectivity index (χ3v) is 3.67. The normalized spacial score (nSPS) is 14.4. The first-order valence-electron chi connectivity index (χ1n) is 6.59. The average Bonchev–Trinajstić information content (AvgIpc) is 2.32. The zero-order chi connectivity index (χ0) is 12.8. The van der Waals surface area contributed by atoms with Crippen LogP contribution in [0.4, 0.5) is 5.69 Å². The molecule has 0 aliphatic rings. The van der Waals surface area contributed by atoms with Gasteiger partial charge in [0.1, 0.15) is 0 Å². The summed E-state index contributed by atoms with van der Waals surface area (Å²) >= 11 is 6.04. The first-order valence-corrected chi connectivity index (χ1v) is 6.97. The Kier molecular flexibility index (Phi) is 5.84. The quantitative estimate of drug-likeness (QED) is 0.728. The van der Waals surface area contributed by atoms with Gasteiger partial charge in [-0.15, -0.1) is 0 Å². The van der Waals surface area contributed by atoms with Gasteiger partial charge in [0.15, 0.2) is 0 Å². The number of anilines is 1. The lowest BCUT2D eigenvalue weighted by molar-refractivity contribution is 0.461. The Morgan fingerprint density at radius 3 is 2.53 bits per heavy atom. The Labute approximate surface area is 111 Å². The molecule has 0 saturated heterocycles. The predicted molar refractivity (Wildman–Crippen MR) is 78.0 cm³/mol. The van der Waals surface area contributed by atoms with Gasteiger partial charge < -0.3 is 5.32 Å². The average molecular weight is 254 g/mol. The maximum Gasteiger partial charge on any atom is 0.0426 e. The Hall–Kier alpha value is -0.690. The molecule has 1 aromatic rings. The molecule has 1 rings (SSSR count). The second-order valence-corrected chi connectivity index (χ2v) is 5.39. The molecule has 0 fully saturated rings. The lowest BCUT2D eigenvalue weighted by atomic mass is 9.97. The molecule has 2 unspecified atom stereocenters. The minimum Gasteiger partial charge on any atom is -0.382 e. The maximum atomic E-state index is 6.04. The van der Waals surface area contributed by atoms with E-state index in [0.717, 1.165) is 17.4 Å². The molecule has 17 heavy (non-hydrogen) atoms. The van der Waals surface area contributed by atoms with E-state index < -0.39 is 0 Å². The van der Waals surface area contributed by atoms with Crippen molar-refractivity contribution < 1.29 is 0 Å². The summed E-state index contributed by atoms with van der Waals surface area (Å²) in [7, 11) is 0. The summed E-state index contributed by atoms with van der Waals surface area (Å²) in [5.74, 6) is 0.770. The number of aryl methyl sites for hydroxylation is 1. The Bertz CT molecular complexity index is 349. The molecule has 1 aromatic carbocycles. The van der Waals surface area contributed by atoms with Crippen LogP contribution in [0.25, 0.3) is 0 Å². The van der Waals surface area contributed by atoms with Crippen LogP contribution in [0.15, 0.2) is 18.2 Å². The molecular formula is C15H24ClN. The van der Waals surface area contributed by atoms with Crippen molar-refractivity contribution >= 4 is 17.3 Å². The highest BCUT2D eigenvalue weighted by molar-refractivity contribution is 6.30. The third-order valence-electron chi connectivity index (χ3n) is 3.44. The topological polar surface area (TPSA) is 12.0 Å². The van der Waals surface area contributed by atoms with E-state index in [0.29, 0.717) is 6.04 Å². The van der Waals surface area contributed by atoms with Crippen molar-refractivity contribution in [2.24, 2.45) is 5.92 Å². The van der Waals surface area contributed by atoms with E-state index in [1.807, 2.05) is 12.1 Å². The minimum absolute atomic E-state index is 0.544. The van der Waals surface area contributed by atoms with E-state index in [-0.39, 0.29) is 0 Å². The van der Waals surface area contributed by atoms with E-state index >= 15 is 0 Å². The lowest BCUT2D eigenvalue weighted by Gasteiger charge is -2.22. The summed E-state index contributed by atoms with van der Waals surface area (Å²) in [5.41, 5.74) is 2.43. The van der Waals surface area contributed by atoms with Crippen molar-refractivity contribution in [2.75, 3.05) is 5.32 Å². The highest BCUT2D eigenvalue weighted by Gasteiger charge is 2.11. The van der Waals surface area contributed by atoms with Gasteiger partial charge in [-0.25, -0.2) is 0 Å². The van der Waals surface area contributed by atoms with Gasteiger partial charge in [0.25, 0.3) is 0 Å². The molecule has 0 saturated carbocycles. The molecule has 0 heterocycles. The molecule has 0 aliphatic carbocycles. The second-order valence-electron chi connectivity index (χ2n) is 4.96. The number of benzene rings is 1. The minimum atomic E-state index is 0.544. The number of nitrogens with one attached hydrogen (secondary N) is 1. The van der Waals surface area contributed by atoms with Crippen molar-refractivity contribution in [2.45, 2.75) is 53.0 Å². The molecule has 0 spiro atoms. The van der Waals surface area contributed by atoms with Crippen molar-refractivity contribution in [3.05, 3.63) is 28.8 Å². The molecule has 0 aliphatic heterocycles. The SMILES string of the molecule is CCC(C)CC(CC)Nc1cc(Cl)ccc1C. The van der Waals surface area contributed by atoms with Gasteiger partial charge in [-0.05, 0) is 43.4 Å². The molecule has 2 atom stereocenters. The predicted octanol–water partition coefficient (Wildman–Crippen LogP) is 5.28. The molecule has 0 aromatic heterocycles. The number of halogens is 1. The standard InChI is InChI=1S/C15H24ClN/c1-5-11(3)9-14(6-2)17-15-10-13(16)8-7-12(15)4/h7-8,10-11,14,17H,5-6,9H2,1-4H3. The van der Waals surface area contributed by atoms with Gasteiger partial charge in [0.2, 0.25) is 0 Å². The Morgan fingerprint density at radius 2 is 1.94 bits per heavy atom.